The number of nitrogens with zero attached hydrogens (tertiary/aromatic N) is 1. The van der Waals surface area contributed by atoms with E-state index in [0.29, 0.717) is 0 Å². The van der Waals surface area contributed by atoms with Crippen LogP contribution in [0.2, 0.25) is 0 Å². The van der Waals surface area contributed by atoms with E-state index in [1.807, 2.05) is 12.1 Å². The number of hydrogen-bond acceptors (Lipinski definition) is 2. The van der Waals surface area contributed by atoms with Crippen LogP contribution in [0.4, 0.5) is 17.1 Å². The van der Waals surface area contributed by atoms with Crippen LogP contribution in [0.5, 0.6) is 0 Å². The second-order valence-corrected chi connectivity index (χ2v) is 12.9. The molecule has 0 fully saturated rings. The largest absolute Gasteiger partial charge is 0.454 e. The van der Waals surface area contributed by atoms with E-state index in [-0.39, 0.29) is 0 Å². The van der Waals surface area contributed by atoms with E-state index < -0.39 is 0 Å². The molecule has 1 aromatic heterocycles. The molecule has 0 saturated carbocycles. The van der Waals surface area contributed by atoms with Gasteiger partial charge >= 0.3 is 0 Å². The molecule has 2 heteroatoms. The molecule has 0 atom stereocenters. The minimum Gasteiger partial charge on any atom is -0.454 e. The molecule has 0 N–H and O–H groups in total. The van der Waals surface area contributed by atoms with Gasteiger partial charge in [-0.25, -0.2) is 0 Å². The van der Waals surface area contributed by atoms with Crippen molar-refractivity contribution in [3.8, 4) is 22.3 Å². The molecule has 50 heavy (non-hydrogen) atoms. The van der Waals surface area contributed by atoms with Crippen LogP contribution in [0.25, 0.3) is 76.5 Å². The van der Waals surface area contributed by atoms with Gasteiger partial charge in [0.2, 0.25) is 0 Å². The molecule has 0 spiro atoms. The summed E-state index contributed by atoms with van der Waals surface area (Å²) >= 11 is 0. The summed E-state index contributed by atoms with van der Waals surface area (Å²) in [5.41, 5.74) is 9.68. The molecule has 0 aliphatic rings. The highest BCUT2D eigenvalue weighted by Gasteiger charge is 2.20. The molecule has 0 amide bonds. The van der Waals surface area contributed by atoms with Gasteiger partial charge in [-0.05, 0) is 97.0 Å². The molecule has 0 unspecified atom stereocenters. The highest BCUT2D eigenvalue weighted by molar-refractivity contribution is 6.21. The standard InChI is InChI=1S/C48H31NO/c1-2-11-32(12-3-1)33-21-26-36(27-22-33)49(46-19-10-18-43-42-17-8-9-20-47(42)50-48(43)46)37-28-23-35(24-29-37)44-31-45-38-14-5-4-13-34(38)25-30-41(45)39-15-6-7-16-40(39)44/h1-31H. The lowest BCUT2D eigenvalue weighted by atomic mass is 9.91. The summed E-state index contributed by atoms with van der Waals surface area (Å²) < 4.78 is 6.58. The summed E-state index contributed by atoms with van der Waals surface area (Å²) in [6.07, 6.45) is 0. The van der Waals surface area contributed by atoms with Crippen molar-refractivity contribution in [1.82, 2.24) is 0 Å². The van der Waals surface area contributed by atoms with Gasteiger partial charge < -0.3 is 9.32 Å². The Labute approximate surface area is 290 Å². The zero-order chi connectivity index (χ0) is 33.0. The molecule has 10 aromatic rings. The molecule has 0 aliphatic carbocycles. The fourth-order valence-electron chi connectivity index (χ4n) is 7.66. The third-order valence-corrected chi connectivity index (χ3v) is 10.1. The third-order valence-electron chi connectivity index (χ3n) is 10.1. The number of para-hydroxylation sites is 2. The lowest BCUT2D eigenvalue weighted by Crippen LogP contribution is -2.10. The molecule has 0 aliphatic heterocycles. The molecule has 2 nitrogen and oxygen atoms in total. The highest BCUT2D eigenvalue weighted by Crippen LogP contribution is 2.44. The predicted molar refractivity (Wildman–Crippen MR) is 212 cm³/mol. The van der Waals surface area contributed by atoms with E-state index in [9.17, 15) is 0 Å². The number of benzene rings is 9. The fourth-order valence-corrected chi connectivity index (χ4v) is 7.66. The topological polar surface area (TPSA) is 16.4 Å². The Balaban J connectivity index is 1.15. The van der Waals surface area contributed by atoms with Crippen molar-refractivity contribution >= 4 is 71.3 Å². The monoisotopic (exact) mass is 637 g/mol. The maximum absolute atomic E-state index is 6.58. The summed E-state index contributed by atoms with van der Waals surface area (Å²) in [4.78, 5) is 2.31. The third kappa shape index (κ3) is 4.57. The first kappa shape index (κ1) is 28.4. The average Bonchev–Trinajstić information content (AvgIpc) is 3.58. The van der Waals surface area contributed by atoms with E-state index in [1.54, 1.807) is 0 Å². The van der Waals surface area contributed by atoms with Gasteiger partial charge in [0.15, 0.2) is 5.58 Å². The van der Waals surface area contributed by atoms with Gasteiger partial charge in [0.05, 0.1) is 5.69 Å². The van der Waals surface area contributed by atoms with E-state index in [0.717, 1.165) is 39.0 Å². The van der Waals surface area contributed by atoms with Gasteiger partial charge in [-0.1, -0.05) is 146 Å². The molecule has 0 bridgehead atoms. The molecule has 10 rings (SSSR count). The van der Waals surface area contributed by atoms with Crippen molar-refractivity contribution in [3.05, 3.63) is 188 Å². The number of fused-ring (bicyclic) bond motifs is 8. The van der Waals surface area contributed by atoms with Crippen LogP contribution in [0.3, 0.4) is 0 Å². The Bertz CT molecular complexity index is 2850. The van der Waals surface area contributed by atoms with Crippen LogP contribution >= 0.6 is 0 Å². The first-order valence-corrected chi connectivity index (χ1v) is 17.1. The lowest BCUT2D eigenvalue weighted by molar-refractivity contribution is 0.669. The first-order valence-electron chi connectivity index (χ1n) is 17.1. The van der Waals surface area contributed by atoms with Crippen molar-refractivity contribution < 1.29 is 4.42 Å². The van der Waals surface area contributed by atoms with E-state index in [4.69, 9.17) is 4.42 Å². The molecular weight excluding hydrogens is 607 g/mol. The smallest absolute Gasteiger partial charge is 0.159 e. The van der Waals surface area contributed by atoms with Crippen LogP contribution in [-0.4, -0.2) is 0 Å². The second-order valence-electron chi connectivity index (χ2n) is 12.9. The maximum atomic E-state index is 6.58. The van der Waals surface area contributed by atoms with Gasteiger partial charge in [0.25, 0.3) is 0 Å². The fraction of sp³-hybridized carbons (Fsp3) is 0. The summed E-state index contributed by atoms with van der Waals surface area (Å²) in [5, 5.41) is 9.84. The number of hydrogen-bond donors (Lipinski definition) is 0. The number of anilines is 3. The minimum absolute atomic E-state index is 0.873. The number of furan rings is 1. The van der Waals surface area contributed by atoms with Crippen molar-refractivity contribution in [2.24, 2.45) is 0 Å². The minimum atomic E-state index is 0.873. The van der Waals surface area contributed by atoms with Crippen molar-refractivity contribution in [2.75, 3.05) is 4.90 Å². The maximum Gasteiger partial charge on any atom is 0.159 e. The molecule has 0 saturated heterocycles. The van der Waals surface area contributed by atoms with Crippen molar-refractivity contribution in [1.29, 1.82) is 0 Å². The Morgan fingerprint density at radius 1 is 0.340 bits per heavy atom. The van der Waals surface area contributed by atoms with Crippen molar-refractivity contribution in [2.45, 2.75) is 0 Å². The summed E-state index contributed by atoms with van der Waals surface area (Å²) in [5.74, 6) is 0. The Kier molecular flexibility index (Phi) is 6.53. The quantitative estimate of drug-likeness (QED) is 0.175. The summed E-state index contributed by atoms with van der Waals surface area (Å²) in [6.45, 7) is 0. The number of rotatable bonds is 5. The Morgan fingerprint density at radius 2 is 0.920 bits per heavy atom. The Hall–Kier alpha value is -6.64. The van der Waals surface area contributed by atoms with Gasteiger partial charge in [-0.2, -0.15) is 0 Å². The molecule has 1 heterocycles. The molecule has 9 aromatic carbocycles. The van der Waals surface area contributed by atoms with Gasteiger partial charge in [-0.15, -0.1) is 0 Å². The summed E-state index contributed by atoms with van der Waals surface area (Å²) in [6, 6.07) is 67.4. The van der Waals surface area contributed by atoms with Gasteiger partial charge in [0.1, 0.15) is 5.58 Å². The zero-order valence-corrected chi connectivity index (χ0v) is 27.3. The van der Waals surface area contributed by atoms with E-state index in [2.05, 4.69) is 181 Å². The van der Waals surface area contributed by atoms with Gasteiger partial charge in [-0.3, -0.25) is 0 Å². The van der Waals surface area contributed by atoms with Crippen LogP contribution in [0, 0.1) is 0 Å². The van der Waals surface area contributed by atoms with Crippen LogP contribution in [0.1, 0.15) is 0 Å². The second kappa shape index (κ2) is 11.5. The van der Waals surface area contributed by atoms with E-state index in [1.165, 1.54) is 54.6 Å². The summed E-state index contributed by atoms with van der Waals surface area (Å²) in [7, 11) is 0. The van der Waals surface area contributed by atoms with Crippen LogP contribution < -0.4 is 4.90 Å². The lowest BCUT2D eigenvalue weighted by Gasteiger charge is -2.26. The highest BCUT2D eigenvalue weighted by atomic mass is 16.3. The molecule has 234 valence electrons. The SMILES string of the molecule is c1ccc(-c2ccc(N(c3ccc(-c4cc5c6ccccc6ccc5c5ccccc45)cc3)c3cccc4c3oc3ccccc34)cc2)cc1. The van der Waals surface area contributed by atoms with Crippen LogP contribution in [-0.2, 0) is 0 Å². The zero-order valence-electron chi connectivity index (χ0n) is 27.3. The molecular formula is C48H31NO. The predicted octanol–water partition coefficient (Wildman–Crippen LogP) is 13.8. The van der Waals surface area contributed by atoms with Gasteiger partial charge in [0, 0.05) is 22.1 Å². The average molecular weight is 638 g/mol. The first-order chi connectivity index (χ1) is 24.8. The molecule has 0 radical (unpaired) electrons. The van der Waals surface area contributed by atoms with Crippen LogP contribution in [0.15, 0.2) is 192 Å². The Morgan fingerprint density at radius 3 is 1.70 bits per heavy atom. The van der Waals surface area contributed by atoms with E-state index >= 15 is 0 Å². The normalized spacial score (nSPS) is 11.6. The van der Waals surface area contributed by atoms with Crippen molar-refractivity contribution in [3.63, 3.8) is 0 Å².